The standard InChI is InChI=1S/C32H33FN8O2S/c1-20-3-5-21(6-4-20)27-26(14-34)44-30(35-27)37(2)29-25-13-24(23(33)15-41(25)36-28(29)22-7-8-22)39-16-32(17-39)18-40(19-32)31(42)38-9-11-43-12-10-38/h3-6,13,15,22H,7-12,16-19H2,1-2H3. The minimum atomic E-state index is -0.311. The number of pyridine rings is 1. The van der Waals surface area contributed by atoms with Gasteiger partial charge < -0.3 is 24.3 Å². The summed E-state index contributed by atoms with van der Waals surface area (Å²) in [6.07, 6.45) is 3.57. The zero-order chi connectivity index (χ0) is 30.2. The SMILES string of the molecule is Cc1ccc(-c2nc(N(C)c3c(C4CC4)nn4cc(F)c(N5CC6(CN(C(=O)N7CCOCC7)C6)C5)cc34)sc2C#N)cc1. The number of nitriles is 1. The molecule has 2 amide bonds. The zero-order valence-electron chi connectivity index (χ0n) is 24.8. The highest BCUT2D eigenvalue weighted by atomic mass is 32.1. The van der Waals surface area contributed by atoms with Crippen molar-refractivity contribution in [3.8, 4) is 17.3 Å². The predicted molar refractivity (Wildman–Crippen MR) is 166 cm³/mol. The number of aryl methyl sites for hydroxylation is 1. The van der Waals surface area contributed by atoms with Gasteiger partial charge in [0.2, 0.25) is 0 Å². The molecule has 0 radical (unpaired) electrons. The molecule has 12 heteroatoms. The van der Waals surface area contributed by atoms with Crippen LogP contribution in [0.3, 0.4) is 0 Å². The lowest BCUT2D eigenvalue weighted by molar-refractivity contribution is -0.0180. The summed E-state index contributed by atoms with van der Waals surface area (Å²) in [5.41, 5.74) is 5.94. The third kappa shape index (κ3) is 4.49. The first-order valence-corrected chi connectivity index (χ1v) is 15.9. The Labute approximate surface area is 258 Å². The van der Waals surface area contributed by atoms with E-state index in [9.17, 15) is 10.1 Å². The van der Waals surface area contributed by atoms with E-state index >= 15 is 4.39 Å². The highest BCUT2D eigenvalue weighted by Crippen LogP contribution is 2.49. The second kappa shape index (κ2) is 10.2. The van der Waals surface area contributed by atoms with E-state index in [1.165, 1.54) is 17.5 Å². The van der Waals surface area contributed by atoms with E-state index in [0.29, 0.717) is 79.8 Å². The number of morpholine rings is 1. The number of hydrogen-bond donors (Lipinski definition) is 0. The van der Waals surface area contributed by atoms with Gasteiger partial charge in [-0.2, -0.15) is 10.4 Å². The first kappa shape index (κ1) is 27.3. The summed E-state index contributed by atoms with van der Waals surface area (Å²) in [7, 11) is 1.96. The van der Waals surface area contributed by atoms with Crippen molar-refractivity contribution in [3.63, 3.8) is 0 Å². The fraction of sp³-hybridized carbons (Fsp3) is 0.438. The molecule has 1 saturated carbocycles. The van der Waals surface area contributed by atoms with Gasteiger partial charge in [-0.15, -0.1) is 0 Å². The normalized spacial score (nSPS) is 19.2. The molecule has 10 nitrogen and oxygen atoms in total. The van der Waals surface area contributed by atoms with Crippen molar-refractivity contribution in [3.05, 3.63) is 58.5 Å². The van der Waals surface area contributed by atoms with E-state index in [1.54, 1.807) is 4.52 Å². The molecule has 3 aromatic heterocycles. The zero-order valence-corrected chi connectivity index (χ0v) is 25.6. The summed E-state index contributed by atoms with van der Waals surface area (Å²) in [5, 5.41) is 15.5. The minimum absolute atomic E-state index is 0.0144. The number of benzene rings is 1. The highest BCUT2D eigenvalue weighted by molar-refractivity contribution is 7.16. The van der Waals surface area contributed by atoms with Crippen molar-refractivity contribution >= 4 is 39.4 Å². The van der Waals surface area contributed by atoms with Gasteiger partial charge in [0.15, 0.2) is 10.9 Å². The van der Waals surface area contributed by atoms with Gasteiger partial charge >= 0.3 is 6.03 Å². The molecule has 3 aliphatic heterocycles. The summed E-state index contributed by atoms with van der Waals surface area (Å²) in [6, 6.07) is 12.3. The molecule has 4 fully saturated rings. The summed E-state index contributed by atoms with van der Waals surface area (Å²) in [5.74, 6) is 0.0118. The van der Waals surface area contributed by atoms with Crippen molar-refractivity contribution < 1.29 is 13.9 Å². The molecule has 44 heavy (non-hydrogen) atoms. The van der Waals surface area contributed by atoms with E-state index in [2.05, 4.69) is 11.0 Å². The Balaban J connectivity index is 1.07. The Bertz CT molecular complexity index is 1800. The van der Waals surface area contributed by atoms with Crippen molar-refractivity contribution in [2.45, 2.75) is 25.7 Å². The second-order valence-corrected chi connectivity index (χ2v) is 13.6. The lowest BCUT2D eigenvalue weighted by Crippen LogP contribution is -2.74. The van der Waals surface area contributed by atoms with Gasteiger partial charge in [0, 0.05) is 63.2 Å². The number of rotatable bonds is 5. The molecule has 0 atom stereocenters. The molecule has 0 bridgehead atoms. The van der Waals surface area contributed by atoms with E-state index in [4.69, 9.17) is 14.8 Å². The minimum Gasteiger partial charge on any atom is -0.378 e. The Morgan fingerprint density at radius 1 is 1.14 bits per heavy atom. The van der Waals surface area contributed by atoms with E-state index < -0.39 is 0 Å². The van der Waals surface area contributed by atoms with Crippen LogP contribution in [0.15, 0.2) is 36.5 Å². The van der Waals surface area contributed by atoms with Crippen molar-refractivity contribution in [1.29, 1.82) is 5.26 Å². The molecule has 4 aromatic rings. The highest BCUT2D eigenvalue weighted by Gasteiger charge is 2.54. The number of carbonyl (C=O) groups is 1. The quantitative estimate of drug-likeness (QED) is 0.313. The van der Waals surface area contributed by atoms with Gasteiger partial charge in [0.25, 0.3) is 0 Å². The van der Waals surface area contributed by atoms with Crippen LogP contribution in [-0.4, -0.2) is 90.0 Å². The van der Waals surface area contributed by atoms with Crippen LogP contribution in [0.25, 0.3) is 16.8 Å². The van der Waals surface area contributed by atoms with E-state index in [1.807, 2.05) is 59.0 Å². The average molecular weight is 613 g/mol. The molecule has 6 heterocycles. The summed E-state index contributed by atoms with van der Waals surface area (Å²) in [4.78, 5) is 26.2. The number of halogens is 1. The number of anilines is 3. The lowest BCUT2D eigenvalue weighted by Gasteiger charge is -2.61. The third-order valence-corrected chi connectivity index (χ3v) is 10.4. The summed E-state index contributed by atoms with van der Waals surface area (Å²) in [6.45, 7) is 7.29. The van der Waals surface area contributed by atoms with Crippen LogP contribution >= 0.6 is 11.3 Å². The molecule has 226 valence electrons. The molecule has 1 aromatic carbocycles. The average Bonchev–Trinajstić information content (AvgIpc) is 3.64. The number of fused-ring (bicyclic) bond motifs is 1. The van der Waals surface area contributed by atoms with Crippen LogP contribution in [0, 0.1) is 29.5 Å². The molecular weight excluding hydrogens is 579 g/mol. The maximum atomic E-state index is 15.6. The Morgan fingerprint density at radius 3 is 2.55 bits per heavy atom. The molecule has 1 spiro atoms. The number of hydrogen-bond acceptors (Lipinski definition) is 8. The van der Waals surface area contributed by atoms with Crippen molar-refractivity contribution in [1.82, 2.24) is 24.4 Å². The molecule has 3 saturated heterocycles. The van der Waals surface area contributed by atoms with Crippen LogP contribution < -0.4 is 9.80 Å². The van der Waals surface area contributed by atoms with Crippen molar-refractivity contribution in [2.24, 2.45) is 5.41 Å². The number of aromatic nitrogens is 3. The van der Waals surface area contributed by atoms with Crippen LogP contribution in [0.5, 0.6) is 0 Å². The fourth-order valence-electron chi connectivity index (χ4n) is 6.80. The number of amides is 2. The van der Waals surface area contributed by atoms with Crippen LogP contribution in [-0.2, 0) is 4.74 Å². The second-order valence-electron chi connectivity index (χ2n) is 12.6. The largest absolute Gasteiger partial charge is 0.378 e. The van der Waals surface area contributed by atoms with Crippen molar-refractivity contribution in [2.75, 3.05) is 69.3 Å². The first-order valence-electron chi connectivity index (χ1n) is 15.1. The lowest BCUT2D eigenvalue weighted by atomic mass is 9.72. The van der Waals surface area contributed by atoms with Crippen LogP contribution in [0.2, 0.25) is 0 Å². The monoisotopic (exact) mass is 612 g/mol. The first-order chi connectivity index (χ1) is 21.3. The topological polar surface area (TPSA) is 93.2 Å². The fourth-order valence-corrected chi connectivity index (χ4v) is 7.65. The summed E-state index contributed by atoms with van der Waals surface area (Å²) >= 11 is 1.36. The molecule has 4 aliphatic rings. The number of nitrogens with zero attached hydrogens (tertiary/aromatic N) is 8. The predicted octanol–water partition coefficient (Wildman–Crippen LogP) is 5.00. The smallest absolute Gasteiger partial charge is 0.320 e. The number of carbonyl (C=O) groups excluding carboxylic acids is 1. The van der Waals surface area contributed by atoms with E-state index in [-0.39, 0.29) is 17.3 Å². The number of thiazole rings is 1. The Kier molecular flexibility index (Phi) is 6.32. The maximum Gasteiger partial charge on any atom is 0.320 e. The molecular formula is C32H33FN8O2S. The van der Waals surface area contributed by atoms with Gasteiger partial charge in [0.1, 0.15) is 16.6 Å². The molecule has 8 rings (SSSR count). The van der Waals surface area contributed by atoms with Gasteiger partial charge in [0.05, 0.1) is 42.0 Å². The third-order valence-electron chi connectivity index (χ3n) is 9.33. The maximum absolute atomic E-state index is 15.6. The number of likely N-dealkylation sites (tertiary alicyclic amines) is 1. The Morgan fingerprint density at radius 2 is 1.86 bits per heavy atom. The molecule has 0 unspecified atom stereocenters. The Hall–Kier alpha value is -4.21. The van der Waals surface area contributed by atoms with Gasteiger partial charge in [-0.05, 0) is 25.8 Å². The van der Waals surface area contributed by atoms with E-state index in [0.717, 1.165) is 40.9 Å². The van der Waals surface area contributed by atoms with Gasteiger partial charge in [-0.3, -0.25) is 0 Å². The number of ether oxygens (including phenoxy) is 1. The molecule has 1 aliphatic carbocycles. The van der Waals surface area contributed by atoms with Gasteiger partial charge in [-0.1, -0.05) is 41.2 Å². The van der Waals surface area contributed by atoms with Crippen LogP contribution in [0.1, 0.15) is 34.9 Å². The number of urea groups is 1. The molecule has 0 N–H and O–H groups in total. The van der Waals surface area contributed by atoms with Crippen LogP contribution in [0.4, 0.5) is 25.7 Å². The van der Waals surface area contributed by atoms with Gasteiger partial charge in [-0.25, -0.2) is 18.7 Å². The summed E-state index contributed by atoms with van der Waals surface area (Å²) < 4.78 is 22.6.